The molecular weight excluding hydrogens is 518 g/mol. The summed E-state index contributed by atoms with van der Waals surface area (Å²) in [6.07, 6.45) is -0.887. The van der Waals surface area contributed by atoms with Crippen LogP contribution >= 0.6 is 12.2 Å². The van der Waals surface area contributed by atoms with E-state index in [2.05, 4.69) is 24.3 Å². The molecule has 0 bridgehead atoms. The van der Waals surface area contributed by atoms with Crippen LogP contribution in [0, 0.1) is 17.0 Å². The predicted molar refractivity (Wildman–Crippen MR) is 156 cm³/mol. The Morgan fingerprint density at radius 3 is 1.92 bits per heavy atom. The fraction of sp³-hybridized carbons (Fsp3) is 0.367. The van der Waals surface area contributed by atoms with Crippen molar-refractivity contribution in [2.45, 2.75) is 52.9 Å². The summed E-state index contributed by atoms with van der Waals surface area (Å²) in [5.41, 5.74) is 6.01. The topological polar surface area (TPSA) is 47.7 Å². The Balaban J connectivity index is 1.92. The van der Waals surface area contributed by atoms with E-state index in [-0.39, 0.29) is 28.4 Å². The molecule has 3 aromatic rings. The van der Waals surface area contributed by atoms with Gasteiger partial charge in [-0.1, -0.05) is 93.7 Å². The quantitative estimate of drug-likeness (QED) is 0.325. The molecule has 1 saturated heterocycles. The normalized spacial score (nSPS) is 19.0. The van der Waals surface area contributed by atoms with Crippen molar-refractivity contribution in [2.24, 2.45) is 11.1 Å². The van der Waals surface area contributed by atoms with E-state index in [4.69, 9.17) is 27.1 Å². The average molecular weight is 554 g/mol. The molecule has 1 radical (unpaired) electrons. The van der Waals surface area contributed by atoms with Crippen LogP contribution < -0.4 is 21.0 Å². The zero-order valence-electron chi connectivity index (χ0n) is 22.5. The first-order valence-electron chi connectivity index (χ1n) is 12.8. The van der Waals surface area contributed by atoms with Gasteiger partial charge < -0.3 is 19.8 Å². The number of thiocarbonyl (C=S) groups is 1. The highest BCUT2D eigenvalue weighted by atomic mass is 32.1. The number of nitrogens with zero attached hydrogens (tertiary/aromatic N) is 1. The van der Waals surface area contributed by atoms with Gasteiger partial charge in [0.1, 0.15) is 4.99 Å². The molecule has 0 spiro atoms. The molecule has 1 heterocycles. The van der Waals surface area contributed by atoms with Crippen LogP contribution in [0.1, 0.15) is 51.8 Å². The molecule has 1 aliphatic rings. The molecular formula is C30H35F2N2O2SSi. The minimum atomic E-state index is -1.77. The van der Waals surface area contributed by atoms with Crippen molar-refractivity contribution in [1.29, 1.82) is 0 Å². The highest BCUT2D eigenvalue weighted by molar-refractivity contribution is 7.80. The van der Waals surface area contributed by atoms with E-state index in [1.54, 1.807) is 6.07 Å². The van der Waals surface area contributed by atoms with Crippen molar-refractivity contribution < 1.29 is 17.9 Å². The molecule has 4 rings (SSSR count). The molecule has 4 nitrogen and oxygen atoms in total. The Morgan fingerprint density at radius 1 is 0.974 bits per heavy atom. The Labute approximate surface area is 231 Å². The smallest absolute Gasteiger partial charge is 0.283 e. The van der Waals surface area contributed by atoms with Gasteiger partial charge in [-0.05, 0) is 35.7 Å². The third-order valence-electron chi connectivity index (χ3n) is 6.59. The van der Waals surface area contributed by atoms with Crippen molar-refractivity contribution in [2.75, 3.05) is 18.0 Å². The van der Waals surface area contributed by atoms with Crippen molar-refractivity contribution in [3.63, 3.8) is 0 Å². The van der Waals surface area contributed by atoms with Crippen LogP contribution in [-0.2, 0) is 9.16 Å². The lowest BCUT2D eigenvalue weighted by atomic mass is 9.83. The summed E-state index contributed by atoms with van der Waals surface area (Å²) >= 11 is 5.13. The first kappa shape index (κ1) is 28.4. The highest BCUT2D eigenvalue weighted by Crippen LogP contribution is 2.44. The molecule has 0 amide bonds. The molecule has 0 aromatic heterocycles. The van der Waals surface area contributed by atoms with Crippen LogP contribution in [0.5, 0.6) is 0 Å². The van der Waals surface area contributed by atoms with Gasteiger partial charge in [-0.25, -0.2) is 8.78 Å². The van der Waals surface area contributed by atoms with Crippen LogP contribution in [0.15, 0.2) is 66.7 Å². The van der Waals surface area contributed by atoms with Gasteiger partial charge in [0.15, 0.2) is 11.6 Å². The predicted octanol–water partition coefficient (Wildman–Crippen LogP) is 5.12. The number of anilines is 1. The third-order valence-corrected chi connectivity index (χ3v) is 9.00. The molecule has 0 saturated carbocycles. The summed E-state index contributed by atoms with van der Waals surface area (Å²) in [7, 11) is -1.77. The standard InChI is InChI=1S/C30H35F2N2O2SSi/c1-19-17-34(18-20(2)35-19)27-24(16-23(29(33)37)25(31)26(27)32)28(30(3,4)5)36-38(21-12-8-6-9-13-21)22-14-10-7-11-15-22/h6-16,19-20,28H,17-18H2,1-5H3,(H2,33,37). The summed E-state index contributed by atoms with van der Waals surface area (Å²) < 4.78 is 44.3. The van der Waals surface area contributed by atoms with Crippen LogP contribution in [0.25, 0.3) is 0 Å². The fourth-order valence-corrected chi connectivity index (χ4v) is 7.46. The Bertz CT molecular complexity index is 1220. The summed E-state index contributed by atoms with van der Waals surface area (Å²) in [6.45, 7) is 10.8. The van der Waals surface area contributed by atoms with Crippen molar-refractivity contribution in [3.8, 4) is 0 Å². The second-order valence-electron chi connectivity index (χ2n) is 10.9. The van der Waals surface area contributed by atoms with Gasteiger partial charge in [0.2, 0.25) is 0 Å². The molecule has 8 heteroatoms. The van der Waals surface area contributed by atoms with E-state index >= 15 is 8.78 Å². The maximum atomic E-state index is 16.0. The van der Waals surface area contributed by atoms with Gasteiger partial charge in [0.05, 0.1) is 24.0 Å². The summed E-state index contributed by atoms with van der Waals surface area (Å²) in [5.74, 6) is -2.00. The Morgan fingerprint density at radius 2 is 1.47 bits per heavy atom. The monoisotopic (exact) mass is 553 g/mol. The molecule has 2 N–H and O–H groups in total. The molecule has 3 aromatic carbocycles. The third kappa shape index (κ3) is 6.15. The number of ether oxygens (including phenoxy) is 1. The number of hydrogen-bond donors (Lipinski definition) is 1. The zero-order valence-corrected chi connectivity index (χ0v) is 24.3. The van der Waals surface area contributed by atoms with Crippen LogP contribution in [0.3, 0.4) is 0 Å². The summed E-state index contributed by atoms with van der Waals surface area (Å²) in [4.78, 5) is 1.68. The number of hydrogen-bond acceptors (Lipinski definition) is 4. The first-order chi connectivity index (χ1) is 18.0. The molecule has 201 valence electrons. The van der Waals surface area contributed by atoms with Crippen LogP contribution in [0.4, 0.5) is 14.5 Å². The Kier molecular flexibility index (Phi) is 8.67. The van der Waals surface area contributed by atoms with Gasteiger partial charge >= 0.3 is 0 Å². The van der Waals surface area contributed by atoms with Gasteiger partial charge in [0.25, 0.3) is 9.04 Å². The minimum Gasteiger partial charge on any atom is -0.400 e. The van der Waals surface area contributed by atoms with E-state index in [1.165, 1.54) is 0 Å². The Hall–Kier alpha value is -2.65. The average Bonchev–Trinajstić information content (AvgIpc) is 2.86. The number of morpholine rings is 1. The lowest BCUT2D eigenvalue weighted by Crippen LogP contribution is -2.48. The minimum absolute atomic E-state index is 0.114. The van der Waals surface area contributed by atoms with Crippen molar-refractivity contribution in [1.82, 2.24) is 0 Å². The van der Waals surface area contributed by atoms with Crippen molar-refractivity contribution in [3.05, 3.63) is 89.5 Å². The maximum Gasteiger partial charge on any atom is 0.283 e. The lowest BCUT2D eigenvalue weighted by Gasteiger charge is -2.41. The lowest BCUT2D eigenvalue weighted by molar-refractivity contribution is -0.00575. The number of halogens is 2. The largest absolute Gasteiger partial charge is 0.400 e. The first-order valence-corrected chi connectivity index (χ1v) is 14.7. The maximum absolute atomic E-state index is 16.0. The number of nitrogens with two attached hydrogens (primary N) is 1. The van der Waals surface area contributed by atoms with Gasteiger partial charge in [-0.3, -0.25) is 0 Å². The fourth-order valence-electron chi connectivity index (χ4n) is 5.00. The number of benzene rings is 3. The SMILES string of the molecule is CC1CN(c2c(C(O[Si](c3ccccc3)c3ccccc3)C(C)(C)C)cc(C(N)=S)c(F)c2F)CC(C)O1. The van der Waals surface area contributed by atoms with E-state index in [1.807, 2.05) is 75.9 Å². The zero-order chi connectivity index (χ0) is 27.6. The van der Waals surface area contributed by atoms with Gasteiger partial charge in [-0.15, -0.1) is 0 Å². The van der Waals surface area contributed by atoms with Gasteiger partial charge in [-0.2, -0.15) is 0 Å². The molecule has 3 atom stereocenters. The second kappa shape index (κ2) is 11.6. The molecule has 1 fully saturated rings. The number of rotatable bonds is 7. The molecule has 3 unspecified atom stereocenters. The van der Waals surface area contributed by atoms with E-state index < -0.39 is 32.2 Å². The summed E-state index contributed by atoms with van der Waals surface area (Å²) in [5, 5.41) is 2.12. The molecule has 38 heavy (non-hydrogen) atoms. The van der Waals surface area contributed by atoms with E-state index in [0.717, 1.165) is 10.4 Å². The van der Waals surface area contributed by atoms with E-state index in [0.29, 0.717) is 18.7 Å². The highest BCUT2D eigenvalue weighted by Gasteiger charge is 2.38. The van der Waals surface area contributed by atoms with Crippen LogP contribution in [0.2, 0.25) is 0 Å². The second-order valence-corrected chi connectivity index (χ2v) is 13.4. The van der Waals surface area contributed by atoms with Crippen LogP contribution in [-0.4, -0.2) is 39.3 Å². The van der Waals surface area contributed by atoms with Crippen molar-refractivity contribution >= 4 is 42.3 Å². The molecule has 1 aliphatic heterocycles. The summed E-state index contributed by atoms with van der Waals surface area (Å²) in [6, 6.07) is 21.7. The van der Waals surface area contributed by atoms with E-state index in [9.17, 15) is 0 Å². The molecule has 0 aliphatic carbocycles. The van der Waals surface area contributed by atoms with Gasteiger partial charge in [0, 0.05) is 24.2 Å².